The molecule has 0 aromatic heterocycles. The Morgan fingerprint density at radius 3 is 2.50 bits per heavy atom. The van der Waals surface area contributed by atoms with Crippen LogP contribution in [0.3, 0.4) is 0 Å². The van der Waals surface area contributed by atoms with E-state index in [4.69, 9.17) is 18.8 Å². The first-order chi connectivity index (χ1) is 8.51. The Hall–Kier alpha value is -0.210. The average Bonchev–Trinajstić information content (AvgIpc) is 2.31. The lowest BCUT2D eigenvalue weighted by atomic mass is 9.95. The summed E-state index contributed by atoms with van der Waals surface area (Å²) in [6, 6.07) is 0. The van der Waals surface area contributed by atoms with Crippen molar-refractivity contribution >= 4 is 10.1 Å². The van der Waals surface area contributed by atoms with E-state index in [9.17, 15) is 8.42 Å². The van der Waals surface area contributed by atoms with Crippen molar-refractivity contribution in [1.29, 1.82) is 0 Å². The molecule has 18 heavy (non-hydrogen) atoms. The number of hydrogen-bond donors (Lipinski definition) is 1. The van der Waals surface area contributed by atoms with Crippen molar-refractivity contribution in [3.8, 4) is 0 Å². The molecule has 0 radical (unpaired) electrons. The van der Waals surface area contributed by atoms with Gasteiger partial charge in [-0.2, -0.15) is 8.42 Å². The zero-order valence-corrected chi connectivity index (χ0v) is 11.5. The van der Waals surface area contributed by atoms with Gasteiger partial charge in [-0.15, -0.1) is 0 Å². The van der Waals surface area contributed by atoms with Gasteiger partial charge in [0.15, 0.2) is 0 Å². The highest BCUT2D eigenvalue weighted by Crippen LogP contribution is 2.23. The van der Waals surface area contributed by atoms with Crippen molar-refractivity contribution in [1.82, 2.24) is 0 Å². The Morgan fingerprint density at radius 2 is 1.89 bits per heavy atom. The minimum atomic E-state index is -3.87. The third-order valence-electron chi connectivity index (χ3n) is 2.90. The molecule has 1 N–H and O–H groups in total. The molecule has 1 aliphatic carbocycles. The van der Waals surface area contributed by atoms with E-state index in [0.29, 0.717) is 19.8 Å². The number of rotatable bonds is 8. The van der Waals surface area contributed by atoms with Crippen molar-refractivity contribution in [2.45, 2.75) is 44.3 Å². The molecule has 7 heteroatoms. The summed E-state index contributed by atoms with van der Waals surface area (Å²) < 4.78 is 45.5. The molecule has 0 aliphatic heterocycles. The minimum Gasteiger partial charge on any atom is -0.378 e. The van der Waals surface area contributed by atoms with Gasteiger partial charge in [0.1, 0.15) is 6.79 Å². The molecule has 1 rings (SSSR count). The van der Waals surface area contributed by atoms with Crippen molar-refractivity contribution in [2.24, 2.45) is 0 Å². The van der Waals surface area contributed by atoms with E-state index in [1.165, 1.54) is 0 Å². The summed E-state index contributed by atoms with van der Waals surface area (Å²) in [4.78, 5) is 0. The van der Waals surface area contributed by atoms with Gasteiger partial charge in [0.25, 0.3) is 10.1 Å². The maximum absolute atomic E-state index is 10.5. The van der Waals surface area contributed by atoms with Crippen LogP contribution in [-0.2, 0) is 24.3 Å². The molecule has 2 atom stereocenters. The lowest BCUT2D eigenvalue weighted by Gasteiger charge is -2.28. The monoisotopic (exact) mass is 282 g/mol. The lowest BCUT2D eigenvalue weighted by molar-refractivity contribution is -0.105. The van der Waals surface area contributed by atoms with E-state index in [2.05, 4.69) is 0 Å². The van der Waals surface area contributed by atoms with Gasteiger partial charge in [-0.05, 0) is 32.1 Å². The SMILES string of the molecule is COCOC1CCCC(OCCCS(=O)(=O)O)C1. The van der Waals surface area contributed by atoms with E-state index >= 15 is 0 Å². The fourth-order valence-electron chi connectivity index (χ4n) is 2.06. The minimum absolute atomic E-state index is 0.113. The van der Waals surface area contributed by atoms with E-state index < -0.39 is 10.1 Å². The van der Waals surface area contributed by atoms with Crippen LogP contribution in [0.1, 0.15) is 32.1 Å². The average molecular weight is 282 g/mol. The van der Waals surface area contributed by atoms with Gasteiger partial charge in [0, 0.05) is 13.7 Å². The summed E-state index contributed by atoms with van der Waals surface area (Å²) in [6.45, 7) is 0.640. The fraction of sp³-hybridized carbons (Fsp3) is 1.00. The molecular weight excluding hydrogens is 260 g/mol. The molecule has 2 unspecified atom stereocenters. The van der Waals surface area contributed by atoms with Crippen molar-refractivity contribution in [2.75, 3.05) is 26.3 Å². The van der Waals surface area contributed by atoms with Gasteiger partial charge in [0.05, 0.1) is 18.0 Å². The molecule has 0 bridgehead atoms. The van der Waals surface area contributed by atoms with E-state index in [0.717, 1.165) is 25.7 Å². The first kappa shape index (κ1) is 15.8. The Labute approximate surface area is 108 Å². The summed E-state index contributed by atoms with van der Waals surface area (Å²) in [7, 11) is -2.28. The Balaban J connectivity index is 2.14. The summed E-state index contributed by atoms with van der Waals surface area (Å²) in [6.07, 6.45) is 4.42. The van der Waals surface area contributed by atoms with Gasteiger partial charge < -0.3 is 14.2 Å². The smallest absolute Gasteiger partial charge is 0.264 e. The molecule has 0 aromatic rings. The van der Waals surface area contributed by atoms with Gasteiger partial charge >= 0.3 is 0 Å². The van der Waals surface area contributed by atoms with Crippen LogP contribution >= 0.6 is 0 Å². The van der Waals surface area contributed by atoms with Crippen molar-refractivity contribution in [3.63, 3.8) is 0 Å². The standard InChI is InChI=1S/C11H22O6S/c1-15-9-17-11-5-2-4-10(8-11)16-6-3-7-18(12,13)14/h10-11H,2-9H2,1H3,(H,12,13,14). The third kappa shape index (κ3) is 7.27. The van der Waals surface area contributed by atoms with Crippen molar-refractivity contribution < 1.29 is 27.2 Å². The van der Waals surface area contributed by atoms with Crippen LogP contribution in [0.4, 0.5) is 0 Å². The summed E-state index contributed by atoms with van der Waals surface area (Å²) in [5.74, 6) is -0.247. The van der Waals surface area contributed by atoms with Crippen molar-refractivity contribution in [3.05, 3.63) is 0 Å². The second kappa shape index (κ2) is 8.06. The second-order valence-electron chi connectivity index (χ2n) is 4.49. The highest BCUT2D eigenvalue weighted by Gasteiger charge is 2.23. The Bertz CT molecular complexity index is 315. The molecule has 0 saturated heterocycles. The Kier molecular flexibility index (Phi) is 7.10. The second-order valence-corrected chi connectivity index (χ2v) is 6.07. The molecule has 0 heterocycles. The quantitative estimate of drug-likeness (QED) is 0.409. The number of hydrogen-bond acceptors (Lipinski definition) is 5. The summed E-state index contributed by atoms with van der Waals surface area (Å²) in [5.41, 5.74) is 0. The number of methoxy groups -OCH3 is 1. The zero-order chi connectivity index (χ0) is 13.4. The van der Waals surface area contributed by atoms with Crippen LogP contribution in [0, 0.1) is 0 Å². The highest BCUT2D eigenvalue weighted by atomic mass is 32.2. The van der Waals surface area contributed by atoms with Gasteiger partial charge in [-0.25, -0.2) is 0 Å². The Morgan fingerprint density at radius 1 is 1.22 bits per heavy atom. The van der Waals surface area contributed by atoms with Gasteiger partial charge in [-0.1, -0.05) is 0 Å². The largest absolute Gasteiger partial charge is 0.378 e. The number of ether oxygens (including phenoxy) is 3. The maximum atomic E-state index is 10.5. The van der Waals surface area contributed by atoms with Gasteiger partial charge in [-0.3, -0.25) is 4.55 Å². The topological polar surface area (TPSA) is 82.1 Å². The molecule has 0 amide bonds. The first-order valence-corrected chi connectivity index (χ1v) is 7.79. The molecule has 1 fully saturated rings. The van der Waals surface area contributed by atoms with Gasteiger partial charge in [0.2, 0.25) is 0 Å². The molecule has 1 saturated carbocycles. The molecular formula is C11H22O6S. The normalized spacial score (nSPS) is 25.2. The van der Waals surface area contributed by atoms with E-state index in [1.54, 1.807) is 7.11 Å². The molecule has 1 aliphatic rings. The predicted octanol–water partition coefficient (Wildman–Crippen LogP) is 1.21. The first-order valence-electron chi connectivity index (χ1n) is 6.18. The van der Waals surface area contributed by atoms with Crippen LogP contribution in [0.5, 0.6) is 0 Å². The van der Waals surface area contributed by atoms with E-state index in [1.807, 2.05) is 0 Å². The third-order valence-corrected chi connectivity index (χ3v) is 3.70. The van der Waals surface area contributed by atoms with Crippen LogP contribution < -0.4 is 0 Å². The summed E-state index contributed by atoms with van der Waals surface area (Å²) >= 11 is 0. The maximum Gasteiger partial charge on any atom is 0.264 e. The highest BCUT2D eigenvalue weighted by molar-refractivity contribution is 7.85. The molecule has 0 spiro atoms. The van der Waals surface area contributed by atoms with Crippen LogP contribution in [-0.4, -0.2) is 51.4 Å². The molecule has 0 aromatic carbocycles. The fourth-order valence-corrected chi connectivity index (χ4v) is 2.54. The molecule has 108 valence electrons. The predicted molar refractivity (Wildman–Crippen MR) is 66.0 cm³/mol. The van der Waals surface area contributed by atoms with Crippen LogP contribution in [0.2, 0.25) is 0 Å². The van der Waals surface area contributed by atoms with E-state index in [-0.39, 0.29) is 18.0 Å². The molecule has 6 nitrogen and oxygen atoms in total. The summed E-state index contributed by atoms with van der Waals surface area (Å²) in [5, 5.41) is 0. The lowest BCUT2D eigenvalue weighted by Crippen LogP contribution is -2.29. The van der Waals surface area contributed by atoms with Crippen LogP contribution in [0.15, 0.2) is 0 Å². The van der Waals surface area contributed by atoms with Crippen LogP contribution in [0.25, 0.3) is 0 Å². The zero-order valence-electron chi connectivity index (χ0n) is 10.7.